The third-order valence-electron chi connectivity index (χ3n) is 6.47. The van der Waals surface area contributed by atoms with Crippen LogP contribution in [0.15, 0.2) is 121 Å². The topological polar surface area (TPSA) is 25.8 Å². The molecule has 0 aliphatic heterocycles. The SMILES string of the molecule is c1ccc(-c2nc(-c3cccc(-c4ccc5ccccc5c4)c3)nc3c2sc2ccccc23)cc1. The zero-order valence-corrected chi connectivity index (χ0v) is 19.7. The Kier molecular flexibility index (Phi) is 4.68. The van der Waals surface area contributed by atoms with Crippen LogP contribution in [0.3, 0.4) is 0 Å². The molecular formula is C32H20N2S. The molecule has 0 spiro atoms. The molecule has 164 valence electrons. The zero-order valence-electron chi connectivity index (χ0n) is 18.8. The van der Waals surface area contributed by atoms with Crippen LogP contribution < -0.4 is 0 Å². The van der Waals surface area contributed by atoms with Gasteiger partial charge < -0.3 is 0 Å². The minimum atomic E-state index is 0.752. The van der Waals surface area contributed by atoms with Gasteiger partial charge in [0.05, 0.1) is 15.9 Å². The number of hydrogen-bond donors (Lipinski definition) is 0. The van der Waals surface area contributed by atoms with Crippen molar-refractivity contribution in [3.63, 3.8) is 0 Å². The summed E-state index contributed by atoms with van der Waals surface area (Å²) >= 11 is 1.76. The lowest BCUT2D eigenvalue weighted by atomic mass is 9.99. The lowest BCUT2D eigenvalue weighted by Crippen LogP contribution is -1.94. The first-order valence-corrected chi connectivity index (χ1v) is 12.5. The van der Waals surface area contributed by atoms with Gasteiger partial charge in [0.2, 0.25) is 0 Å². The highest BCUT2D eigenvalue weighted by atomic mass is 32.1. The van der Waals surface area contributed by atoms with E-state index in [0.717, 1.165) is 38.4 Å². The molecule has 0 amide bonds. The number of hydrogen-bond acceptors (Lipinski definition) is 3. The molecule has 0 aliphatic carbocycles. The lowest BCUT2D eigenvalue weighted by Gasteiger charge is -2.09. The molecule has 35 heavy (non-hydrogen) atoms. The van der Waals surface area contributed by atoms with E-state index in [0.29, 0.717) is 0 Å². The largest absolute Gasteiger partial charge is 0.226 e. The monoisotopic (exact) mass is 464 g/mol. The van der Waals surface area contributed by atoms with E-state index in [9.17, 15) is 0 Å². The molecule has 0 unspecified atom stereocenters. The minimum Gasteiger partial charge on any atom is -0.226 e. The highest BCUT2D eigenvalue weighted by molar-refractivity contribution is 7.26. The Morgan fingerprint density at radius 2 is 1.20 bits per heavy atom. The fourth-order valence-electron chi connectivity index (χ4n) is 4.72. The maximum absolute atomic E-state index is 5.12. The molecule has 0 N–H and O–H groups in total. The van der Waals surface area contributed by atoms with Crippen LogP contribution in [0.1, 0.15) is 0 Å². The molecule has 0 bridgehead atoms. The van der Waals surface area contributed by atoms with E-state index >= 15 is 0 Å². The number of rotatable bonds is 3. The summed E-state index contributed by atoms with van der Waals surface area (Å²) in [6, 6.07) is 42.6. The second kappa shape index (κ2) is 8.15. The molecule has 7 rings (SSSR count). The van der Waals surface area contributed by atoms with E-state index < -0.39 is 0 Å². The number of nitrogens with zero attached hydrogens (tertiary/aromatic N) is 2. The van der Waals surface area contributed by atoms with Crippen molar-refractivity contribution in [2.24, 2.45) is 0 Å². The van der Waals surface area contributed by atoms with E-state index in [2.05, 4.69) is 115 Å². The maximum atomic E-state index is 5.12. The summed E-state index contributed by atoms with van der Waals surface area (Å²) in [6.45, 7) is 0. The van der Waals surface area contributed by atoms with Gasteiger partial charge in [-0.1, -0.05) is 103 Å². The molecule has 0 saturated heterocycles. The number of thiophene rings is 1. The number of fused-ring (bicyclic) bond motifs is 4. The predicted octanol–water partition coefficient (Wildman–Crippen LogP) is 9.00. The fraction of sp³-hybridized carbons (Fsp3) is 0. The maximum Gasteiger partial charge on any atom is 0.160 e. The van der Waals surface area contributed by atoms with Crippen LogP contribution in [-0.2, 0) is 0 Å². The van der Waals surface area contributed by atoms with Gasteiger partial charge in [-0.2, -0.15) is 0 Å². The average Bonchev–Trinajstić information content (AvgIpc) is 3.31. The summed E-state index contributed by atoms with van der Waals surface area (Å²) in [5.74, 6) is 0.752. The molecule has 3 heteroatoms. The van der Waals surface area contributed by atoms with Gasteiger partial charge in [-0.15, -0.1) is 11.3 Å². The molecule has 0 atom stereocenters. The van der Waals surface area contributed by atoms with E-state index in [-0.39, 0.29) is 0 Å². The van der Waals surface area contributed by atoms with Crippen molar-refractivity contribution in [1.29, 1.82) is 0 Å². The molecule has 0 radical (unpaired) electrons. The Bertz CT molecular complexity index is 1850. The van der Waals surface area contributed by atoms with E-state index in [4.69, 9.17) is 9.97 Å². The van der Waals surface area contributed by atoms with Gasteiger partial charge in [0.1, 0.15) is 0 Å². The molecule has 2 aromatic heterocycles. The molecule has 2 nitrogen and oxygen atoms in total. The quantitative estimate of drug-likeness (QED) is 0.261. The summed E-state index contributed by atoms with van der Waals surface area (Å²) in [4.78, 5) is 10.2. The summed E-state index contributed by atoms with van der Waals surface area (Å²) in [6.07, 6.45) is 0. The van der Waals surface area contributed by atoms with Crippen molar-refractivity contribution < 1.29 is 0 Å². The Balaban J connectivity index is 1.44. The number of aromatic nitrogens is 2. The van der Waals surface area contributed by atoms with Crippen molar-refractivity contribution in [3.05, 3.63) is 121 Å². The zero-order chi connectivity index (χ0) is 23.2. The van der Waals surface area contributed by atoms with Crippen molar-refractivity contribution in [3.8, 4) is 33.8 Å². The normalized spacial score (nSPS) is 11.4. The van der Waals surface area contributed by atoms with Crippen molar-refractivity contribution in [2.75, 3.05) is 0 Å². The molecule has 5 aromatic carbocycles. The van der Waals surface area contributed by atoms with Crippen LogP contribution in [0.5, 0.6) is 0 Å². The average molecular weight is 465 g/mol. The summed E-state index contributed by atoms with van der Waals surface area (Å²) in [5.41, 5.74) is 6.49. The highest BCUT2D eigenvalue weighted by Gasteiger charge is 2.16. The Morgan fingerprint density at radius 3 is 2.11 bits per heavy atom. The number of benzene rings is 5. The van der Waals surface area contributed by atoms with Crippen molar-refractivity contribution in [2.45, 2.75) is 0 Å². The van der Waals surface area contributed by atoms with Gasteiger partial charge in [0.25, 0.3) is 0 Å². The van der Waals surface area contributed by atoms with Gasteiger partial charge >= 0.3 is 0 Å². The Hall–Kier alpha value is -4.34. The third-order valence-corrected chi connectivity index (χ3v) is 7.64. The van der Waals surface area contributed by atoms with Gasteiger partial charge in [-0.25, -0.2) is 9.97 Å². The van der Waals surface area contributed by atoms with E-state index in [1.165, 1.54) is 26.4 Å². The predicted molar refractivity (Wildman–Crippen MR) is 149 cm³/mol. The molecule has 2 heterocycles. The van der Waals surface area contributed by atoms with Gasteiger partial charge in [-0.3, -0.25) is 0 Å². The van der Waals surface area contributed by atoms with Crippen LogP contribution >= 0.6 is 11.3 Å². The molecule has 0 fully saturated rings. The molecular weight excluding hydrogens is 444 g/mol. The fourth-order valence-corrected chi connectivity index (χ4v) is 5.87. The molecule has 0 saturated carbocycles. The minimum absolute atomic E-state index is 0.752. The second-order valence-corrected chi connectivity index (χ2v) is 9.73. The van der Waals surface area contributed by atoms with Gasteiger partial charge in [-0.05, 0) is 40.1 Å². The summed E-state index contributed by atoms with van der Waals surface area (Å²) < 4.78 is 2.36. The van der Waals surface area contributed by atoms with E-state index in [1.54, 1.807) is 11.3 Å². The van der Waals surface area contributed by atoms with Crippen LogP contribution in [-0.4, -0.2) is 9.97 Å². The van der Waals surface area contributed by atoms with Crippen LogP contribution in [0.25, 0.3) is 64.8 Å². The first-order chi connectivity index (χ1) is 17.3. The third kappa shape index (κ3) is 3.49. The summed E-state index contributed by atoms with van der Waals surface area (Å²) in [5, 5.41) is 3.67. The Labute approximate surface area is 207 Å². The highest BCUT2D eigenvalue weighted by Crippen LogP contribution is 2.39. The van der Waals surface area contributed by atoms with Crippen molar-refractivity contribution in [1.82, 2.24) is 9.97 Å². The lowest BCUT2D eigenvalue weighted by molar-refractivity contribution is 1.24. The standard InChI is InChI=1S/C32H20N2S/c1-2-10-22(11-3-1)29-31-30(27-15-6-7-16-28(27)35-31)34-32(33-29)26-14-8-13-24(20-26)25-18-17-21-9-4-5-12-23(21)19-25/h1-20H. The van der Waals surface area contributed by atoms with E-state index in [1.807, 2.05) is 6.07 Å². The first kappa shape index (κ1) is 20.1. The van der Waals surface area contributed by atoms with Gasteiger partial charge in [0.15, 0.2) is 5.82 Å². The smallest absolute Gasteiger partial charge is 0.160 e. The van der Waals surface area contributed by atoms with Gasteiger partial charge in [0, 0.05) is 21.2 Å². The Morgan fingerprint density at radius 1 is 0.486 bits per heavy atom. The van der Waals surface area contributed by atoms with Crippen LogP contribution in [0, 0.1) is 0 Å². The van der Waals surface area contributed by atoms with Crippen molar-refractivity contribution >= 4 is 42.4 Å². The molecule has 7 aromatic rings. The van der Waals surface area contributed by atoms with Crippen LogP contribution in [0.4, 0.5) is 0 Å². The molecule has 0 aliphatic rings. The van der Waals surface area contributed by atoms with Crippen LogP contribution in [0.2, 0.25) is 0 Å². The first-order valence-electron chi connectivity index (χ1n) is 11.7. The summed E-state index contributed by atoms with van der Waals surface area (Å²) in [7, 11) is 0. The second-order valence-electron chi connectivity index (χ2n) is 8.68.